The number of ether oxygens (including phenoxy) is 1. The largest absolute Gasteiger partial charge is 0.484 e. The van der Waals surface area contributed by atoms with Crippen LogP contribution in [0.2, 0.25) is 0 Å². The number of amides is 1. The third-order valence-corrected chi connectivity index (χ3v) is 4.47. The number of hydrogen-bond acceptors (Lipinski definition) is 5. The highest BCUT2D eigenvalue weighted by Gasteiger charge is 2.07. The maximum atomic E-state index is 12.2. The number of carbonyl (C=O) groups excluding carboxylic acids is 1. The predicted molar refractivity (Wildman–Crippen MR) is 112 cm³/mol. The number of hydrogen-bond donors (Lipinski definition) is 2. The lowest BCUT2D eigenvalue weighted by molar-refractivity contribution is -0.118. The zero-order chi connectivity index (χ0) is 20.1. The van der Waals surface area contributed by atoms with Gasteiger partial charge in [0.25, 0.3) is 5.91 Å². The summed E-state index contributed by atoms with van der Waals surface area (Å²) in [4.78, 5) is 12.2. The first-order valence-electron chi connectivity index (χ1n) is 9.35. The molecule has 0 aliphatic heterocycles. The molecule has 1 amide bonds. The van der Waals surface area contributed by atoms with Crippen molar-refractivity contribution < 1.29 is 9.53 Å². The van der Waals surface area contributed by atoms with Crippen LogP contribution in [0.4, 0.5) is 5.69 Å². The Kier molecular flexibility index (Phi) is 5.49. The van der Waals surface area contributed by atoms with Gasteiger partial charge in [-0.05, 0) is 67.1 Å². The lowest BCUT2D eigenvalue weighted by Gasteiger charge is -2.09. The Morgan fingerprint density at radius 2 is 1.76 bits per heavy atom. The Bertz CT molecular complexity index is 1100. The van der Waals surface area contributed by atoms with Gasteiger partial charge in [0.05, 0.1) is 11.2 Å². The number of nitrogens with two attached hydrogens (primary N) is 1. The highest BCUT2D eigenvalue weighted by molar-refractivity contribution is 5.92. The van der Waals surface area contributed by atoms with Crippen LogP contribution in [0.5, 0.6) is 5.75 Å². The van der Waals surface area contributed by atoms with Crippen molar-refractivity contribution in [2.24, 2.45) is 5.73 Å². The van der Waals surface area contributed by atoms with E-state index >= 15 is 0 Å². The van der Waals surface area contributed by atoms with Crippen molar-refractivity contribution in [3.8, 4) is 11.4 Å². The quantitative estimate of drug-likeness (QED) is 0.508. The third-order valence-electron chi connectivity index (χ3n) is 4.47. The van der Waals surface area contributed by atoms with Gasteiger partial charge >= 0.3 is 0 Å². The fourth-order valence-electron chi connectivity index (χ4n) is 3.01. The summed E-state index contributed by atoms with van der Waals surface area (Å²) in [5, 5.41) is 11.2. The summed E-state index contributed by atoms with van der Waals surface area (Å²) in [5.74, 6) is 0.421. The van der Waals surface area contributed by atoms with Gasteiger partial charge in [-0.15, -0.1) is 5.10 Å². The van der Waals surface area contributed by atoms with Crippen LogP contribution in [0.15, 0.2) is 72.8 Å². The van der Waals surface area contributed by atoms with Crippen molar-refractivity contribution in [2.45, 2.75) is 6.42 Å². The van der Waals surface area contributed by atoms with Gasteiger partial charge in [-0.1, -0.05) is 29.5 Å². The minimum Gasteiger partial charge on any atom is -0.484 e. The van der Waals surface area contributed by atoms with Gasteiger partial charge in [0, 0.05) is 5.69 Å². The standard InChI is InChI=1S/C22H21N5O2/c23-14-13-16-5-11-19(12-6-16)29-15-22(28)24-17-7-9-18(10-8-17)27-21-4-2-1-3-20(21)25-26-27/h1-12H,13-15,23H2,(H,24,28). The molecule has 0 atom stereocenters. The number of anilines is 1. The van der Waals surface area contributed by atoms with E-state index in [2.05, 4.69) is 15.6 Å². The molecule has 0 aliphatic rings. The molecule has 7 nitrogen and oxygen atoms in total. The summed E-state index contributed by atoms with van der Waals surface area (Å²) >= 11 is 0. The van der Waals surface area contributed by atoms with E-state index in [1.54, 1.807) is 4.68 Å². The first-order valence-corrected chi connectivity index (χ1v) is 9.35. The van der Waals surface area contributed by atoms with E-state index in [1.165, 1.54) is 0 Å². The second kappa shape index (κ2) is 8.53. The molecule has 1 aromatic heterocycles. The minimum atomic E-state index is -0.227. The molecule has 0 radical (unpaired) electrons. The maximum Gasteiger partial charge on any atom is 0.262 e. The molecule has 4 aromatic rings. The number of rotatable bonds is 7. The summed E-state index contributed by atoms with van der Waals surface area (Å²) in [5.41, 5.74) is 9.99. The van der Waals surface area contributed by atoms with Crippen molar-refractivity contribution in [1.82, 2.24) is 15.0 Å². The van der Waals surface area contributed by atoms with Crippen molar-refractivity contribution in [1.29, 1.82) is 0 Å². The van der Waals surface area contributed by atoms with Gasteiger partial charge in [-0.25, -0.2) is 4.68 Å². The zero-order valence-corrected chi connectivity index (χ0v) is 15.8. The molecule has 0 spiro atoms. The summed E-state index contributed by atoms with van der Waals surface area (Å²) < 4.78 is 7.30. The molecule has 29 heavy (non-hydrogen) atoms. The number of aromatic nitrogens is 3. The smallest absolute Gasteiger partial charge is 0.262 e. The molecular weight excluding hydrogens is 366 g/mol. The van der Waals surface area contributed by atoms with E-state index in [-0.39, 0.29) is 12.5 Å². The Morgan fingerprint density at radius 1 is 1.00 bits per heavy atom. The summed E-state index contributed by atoms with van der Waals surface area (Å²) in [6.07, 6.45) is 0.821. The van der Waals surface area contributed by atoms with Crippen molar-refractivity contribution in [3.05, 3.63) is 78.4 Å². The predicted octanol–water partition coefficient (Wildman–Crippen LogP) is 2.94. The number of carbonyl (C=O) groups is 1. The second-order valence-electron chi connectivity index (χ2n) is 6.56. The van der Waals surface area contributed by atoms with Crippen molar-refractivity contribution in [3.63, 3.8) is 0 Å². The van der Waals surface area contributed by atoms with Crippen LogP contribution in [0.25, 0.3) is 16.7 Å². The second-order valence-corrected chi connectivity index (χ2v) is 6.56. The molecule has 0 saturated heterocycles. The number of nitrogens with zero attached hydrogens (tertiary/aromatic N) is 3. The number of nitrogens with one attached hydrogen (secondary N) is 1. The molecule has 1 heterocycles. The molecule has 0 aliphatic carbocycles. The van der Waals surface area contributed by atoms with Crippen LogP contribution in [-0.2, 0) is 11.2 Å². The van der Waals surface area contributed by atoms with Gasteiger partial charge in [0.2, 0.25) is 0 Å². The van der Waals surface area contributed by atoms with Crippen LogP contribution >= 0.6 is 0 Å². The van der Waals surface area contributed by atoms with Gasteiger partial charge in [0.1, 0.15) is 11.3 Å². The molecule has 146 valence electrons. The van der Waals surface area contributed by atoms with Crippen LogP contribution in [0.3, 0.4) is 0 Å². The van der Waals surface area contributed by atoms with Crippen molar-refractivity contribution in [2.75, 3.05) is 18.5 Å². The molecule has 4 rings (SSSR count). The number of benzene rings is 3. The zero-order valence-electron chi connectivity index (χ0n) is 15.8. The first kappa shape index (κ1) is 18.6. The Morgan fingerprint density at radius 3 is 2.52 bits per heavy atom. The molecule has 0 unspecified atom stereocenters. The van der Waals surface area contributed by atoms with E-state index in [0.29, 0.717) is 18.0 Å². The third kappa shape index (κ3) is 4.41. The van der Waals surface area contributed by atoms with Crippen molar-refractivity contribution >= 4 is 22.6 Å². The molecule has 7 heteroatoms. The van der Waals surface area contributed by atoms with Gasteiger partial charge in [-0.2, -0.15) is 0 Å². The SMILES string of the molecule is NCCc1ccc(OCC(=O)Nc2ccc(-n3nnc4ccccc43)cc2)cc1. The van der Waals surface area contributed by atoms with E-state index in [4.69, 9.17) is 10.5 Å². The molecular formula is C22H21N5O2. The van der Waals surface area contributed by atoms with Crippen LogP contribution in [0, 0.1) is 0 Å². The van der Waals surface area contributed by atoms with E-state index < -0.39 is 0 Å². The number of fused-ring (bicyclic) bond motifs is 1. The normalized spacial score (nSPS) is 10.8. The monoisotopic (exact) mass is 387 g/mol. The lowest BCUT2D eigenvalue weighted by atomic mass is 10.1. The topological polar surface area (TPSA) is 95.1 Å². The van der Waals surface area contributed by atoms with E-state index in [0.717, 1.165) is 28.7 Å². The fourth-order valence-corrected chi connectivity index (χ4v) is 3.01. The fraction of sp³-hybridized carbons (Fsp3) is 0.136. The molecule has 0 saturated carbocycles. The summed E-state index contributed by atoms with van der Waals surface area (Å²) in [6, 6.07) is 22.8. The molecule has 3 N–H and O–H groups in total. The minimum absolute atomic E-state index is 0.0638. The summed E-state index contributed by atoms with van der Waals surface area (Å²) in [6.45, 7) is 0.542. The average Bonchev–Trinajstić information content (AvgIpc) is 3.18. The van der Waals surface area contributed by atoms with Crippen LogP contribution in [-0.4, -0.2) is 34.1 Å². The first-order chi connectivity index (χ1) is 14.2. The van der Waals surface area contributed by atoms with E-state index in [1.807, 2.05) is 72.8 Å². The van der Waals surface area contributed by atoms with Gasteiger partial charge in [0.15, 0.2) is 6.61 Å². The maximum absolute atomic E-state index is 12.2. The average molecular weight is 387 g/mol. The highest BCUT2D eigenvalue weighted by atomic mass is 16.5. The molecule has 0 bridgehead atoms. The lowest BCUT2D eigenvalue weighted by Crippen LogP contribution is -2.20. The molecule has 3 aromatic carbocycles. The van der Waals surface area contributed by atoms with Crippen LogP contribution < -0.4 is 15.8 Å². The van der Waals surface area contributed by atoms with Crippen LogP contribution in [0.1, 0.15) is 5.56 Å². The Labute approximate surface area is 168 Å². The highest BCUT2D eigenvalue weighted by Crippen LogP contribution is 2.18. The molecule has 0 fully saturated rings. The Balaban J connectivity index is 1.35. The van der Waals surface area contributed by atoms with Gasteiger partial charge < -0.3 is 15.8 Å². The summed E-state index contributed by atoms with van der Waals surface area (Å²) in [7, 11) is 0. The van der Waals surface area contributed by atoms with E-state index in [9.17, 15) is 4.79 Å². The van der Waals surface area contributed by atoms with Gasteiger partial charge in [-0.3, -0.25) is 4.79 Å². The number of para-hydroxylation sites is 1. The Hall–Kier alpha value is -3.71.